The molecule has 2 nitrogen and oxygen atoms in total. The molecule has 0 radical (unpaired) electrons. The zero-order chi connectivity index (χ0) is 13.0. The molecule has 0 bridgehead atoms. The van der Waals surface area contributed by atoms with Crippen LogP contribution in [0.5, 0.6) is 5.75 Å². The number of rotatable bonds is 4. The zero-order valence-corrected chi connectivity index (χ0v) is 11.0. The minimum Gasteiger partial charge on any atom is -0.496 e. The van der Waals surface area contributed by atoms with Gasteiger partial charge in [0, 0.05) is 0 Å². The second kappa shape index (κ2) is 6.19. The minimum atomic E-state index is -0.189. The van der Waals surface area contributed by atoms with Gasteiger partial charge in [-0.15, -0.1) is 0 Å². The Bertz CT molecular complexity index is 394. The van der Waals surface area contributed by atoms with Crippen molar-refractivity contribution in [2.45, 2.75) is 32.1 Å². The van der Waals surface area contributed by atoms with Crippen LogP contribution in [0.3, 0.4) is 0 Å². The molecule has 0 aromatic heterocycles. The zero-order valence-electron chi connectivity index (χ0n) is 11.0. The van der Waals surface area contributed by atoms with Crippen molar-refractivity contribution in [2.24, 2.45) is 17.6 Å². The first-order valence-corrected chi connectivity index (χ1v) is 6.77. The van der Waals surface area contributed by atoms with Gasteiger partial charge in [0.25, 0.3) is 0 Å². The standard InChI is InChI=1S/C15H22FNO/c1-18-15-7-6-14(16)9-13(15)8-11-4-2-3-5-12(11)10-17/h6-7,9,11-12H,2-5,8,10,17H2,1H3. The van der Waals surface area contributed by atoms with Gasteiger partial charge >= 0.3 is 0 Å². The largest absolute Gasteiger partial charge is 0.496 e. The fourth-order valence-corrected chi connectivity index (χ4v) is 3.05. The maximum Gasteiger partial charge on any atom is 0.123 e. The molecule has 100 valence electrons. The van der Waals surface area contributed by atoms with Crippen LogP contribution in [0.1, 0.15) is 31.2 Å². The average Bonchev–Trinajstić information content (AvgIpc) is 2.40. The van der Waals surface area contributed by atoms with Crippen LogP contribution >= 0.6 is 0 Å². The molecule has 18 heavy (non-hydrogen) atoms. The molecular weight excluding hydrogens is 229 g/mol. The molecule has 0 aliphatic heterocycles. The van der Waals surface area contributed by atoms with Gasteiger partial charge in [0.2, 0.25) is 0 Å². The summed E-state index contributed by atoms with van der Waals surface area (Å²) in [5.41, 5.74) is 6.82. The predicted molar refractivity (Wildman–Crippen MR) is 71.2 cm³/mol. The van der Waals surface area contributed by atoms with Gasteiger partial charge in [0.15, 0.2) is 0 Å². The molecule has 0 spiro atoms. The van der Waals surface area contributed by atoms with Crippen molar-refractivity contribution >= 4 is 0 Å². The Morgan fingerprint density at radius 1 is 1.28 bits per heavy atom. The third-order valence-corrected chi connectivity index (χ3v) is 4.09. The van der Waals surface area contributed by atoms with Crippen molar-refractivity contribution in [3.8, 4) is 5.75 Å². The summed E-state index contributed by atoms with van der Waals surface area (Å²) < 4.78 is 18.6. The summed E-state index contributed by atoms with van der Waals surface area (Å²) in [5, 5.41) is 0. The summed E-state index contributed by atoms with van der Waals surface area (Å²) in [6.07, 6.45) is 5.82. The van der Waals surface area contributed by atoms with Gasteiger partial charge in [0.05, 0.1) is 7.11 Å². The van der Waals surface area contributed by atoms with E-state index in [1.165, 1.54) is 31.7 Å². The van der Waals surface area contributed by atoms with E-state index < -0.39 is 0 Å². The van der Waals surface area contributed by atoms with E-state index in [9.17, 15) is 4.39 Å². The van der Waals surface area contributed by atoms with Gasteiger partial charge in [-0.2, -0.15) is 0 Å². The van der Waals surface area contributed by atoms with Crippen LogP contribution in [0.25, 0.3) is 0 Å². The van der Waals surface area contributed by atoms with Crippen LogP contribution in [-0.2, 0) is 6.42 Å². The van der Waals surface area contributed by atoms with Crippen molar-refractivity contribution in [2.75, 3.05) is 13.7 Å². The Hall–Kier alpha value is -1.09. The van der Waals surface area contributed by atoms with E-state index >= 15 is 0 Å². The molecule has 2 N–H and O–H groups in total. The lowest BCUT2D eigenvalue weighted by molar-refractivity contribution is 0.240. The summed E-state index contributed by atoms with van der Waals surface area (Å²) in [6, 6.07) is 4.76. The molecule has 2 unspecified atom stereocenters. The summed E-state index contributed by atoms with van der Waals surface area (Å²) in [6.45, 7) is 0.738. The average molecular weight is 251 g/mol. The van der Waals surface area contributed by atoms with Gasteiger partial charge in [-0.05, 0) is 61.4 Å². The van der Waals surface area contributed by atoms with Gasteiger partial charge in [-0.1, -0.05) is 12.8 Å². The Morgan fingerprint density at radius 3 is 2.67 bits per heavy atom. The monoisotopic (exact) mass is 251 g/mol. The summed E-state index contributed by atoms with van der Waals surface area (Å²) in [4.78, 5) is 0. The van der Waals surface area contributed by atoms with Crippen molar-refractivity contribution in [3.63, 3.8) is 0 Å². The molecule has 1 aliphatic rings. The van der Waals surface area contributed by atoms with Crippen LogP contribution in [0.15, 0.2) is 18.2 Å². The summed E-state index contributed by atoms with van der Waals surface area (Å²) >= 11 is 0. The van der Waals surface area contributed by atoms with Crippen LogP contribution in [-0.4, -0.2) is 13.7 Å². The van der Waals surface area contributed by atoms with Gasteiger partial charge in [0.1, 0.15) is 11.6 Å². The first kappa shape index (κ1) is 13.3. The minimum absolute atomic E-state index is 0.189. The van der Waals surface area contributed by atoms with Crippen LogP contribution < -0.4 is 10.5 Å². The fraction of sp³-hybridized carbons (Fsp3) is 0.600. The molecule has 1 aromatic rings. The van der Waals surface area contributed by atoms with E-state index in [4.69, 9.17) is 10.5 Å². The SMILES string of the molecule is COc1ccc(F)cc1CC1CCCCC1CN. The van der Waals surface area contributed by atoms with E-state index in [0.717, 1.165) is 24.3 Å². The van der Waals surface area contributed by atoms with Crippen molar-refractivity contribution in [1.82, 2.24) is 0 Å². The number of nitrogens with two attached hydrogens (primary N) is 1. The van der Waals surface area contributed by atoms with Gasteiger partial charge in [-0.25, -0.2) is 4.39 Å². The summed E-state index contributed by atoms with van der Waals surface area (Å²) in [5.74, 6) is 1.75. The van der Waals surface area contributed by atoms with E-state index in [1.54, 1.807) is 19.2 Å². The smallest absolute Gasteiger partial charge is 0.123 e. The Morgan fingerprint density at radius 2 is 2.00 bits per heavy atom. The highest BCUT2D eigenvalue weighted by Gasteiger charge is 2.25. The van der Waals surface area contributed by atoms with Crippen LogP contribution in [0.4, 0.5) is 4.39 Å². The Labute approximate surface area is 108 Å². The maximum atomic E-state index is 13.3. The molecule has 1 saturated carbocycles. The van der Waals surface area contributed by atoms with Crippen molar-refractivity contribution in [1.29, 1.82) is 0 Å². The molecule has 0 heterocycles. The number of hydrogen-bond donors (Lipinski definition) is 1. The molecule has 2 rings (SSSR count). The Kier molecular flexibility index (Phi) is 4.59. The maximum absolute atomic E-state index is 13.3. The summed E-state index contributed by atoms with van der Waals surface area (Å²) in [7, 11) is 1.64. The highest BCUT2D eigenvalue weighted by molar-refractivity contribution is 5.34. The van der Waals surface area contributed by atoms with Gasteiger partial charge in [-0.3, -0.25) is 0 Å². The molecule has 1 aliphatic carbocycles. The second-order valence-electron chi connectivity index (χ2n) is 5.20. The first-order valence-electron chi connectivity index (χ1n) is 6.77. The number of benzene rings is 1. The normalized spacial score (nSPS) is 23.9. The van der Waals surface area contributed by atoms with Crippen molar-refractivity contribution < 1.29 is 9.13 Å². The van der Waals surface area contributed by atoms with Gasteiger partial charge < -0.3 is 10.5 Å². The molecule has 0 saturated heterocycles. The van der Waals surface area contributed by atoms with E-state index in [1.807, 2.05) is 0 Å². The lowest BCUT2D eigenvalue weighted by Gasteiger charge is -2.31. The fourth-order valence-electron chi connectivity index (χ4n) is 3.05. The highest BCUT2D eigenvalue weighted by Crippen LogP contribution is 2.34. The first-order chi connectivity index (χ1) is 8.74. The predicted octanol–water partition coefficient (Wildman–Crippen LogP) is 3.14. The molecule has 1 fully saturated rings. The van der Waals surface area contributed by atoms with Crippen LogP contribution in [0.2, 0.25) is 0 Å². The molecule has 0 amide bonds. The highest BCUT2D eigenvalue weighted by atomic mass is 19.1. The van der Waals surface area contributed by atoms with Crippen molar-refractivity contribution in [3.05, 3.63) is 29.6 Å². The topological polar surface area (TPSA) is 35.2 Å². The number of halogens is 1. The second-order valence-corrected chi connectivity index (χ2v) is 5.20. The molecule has 3 heteroatoms. The lowest BCUT2D eigenvalue weighted by Crippen LogP contribution is -2.28. The number of methoxy groups -OCH3 is 1. The third-order valence-electron chi connectivity index (χ3n) is 4.09. The quantitative estimate of drug-likeness (QED) is 0.892. The van der Waals surface area contributed by atoms with E-state index in [-0.39, 0.29) is 5.82 Å². The number of ether oxygens (including phenoxy) is 1. The Balaban J connectivity index is 2.14. The van der Waals surface area contributed by atoms with Crippen LogP contribution in [0, 0.1) is 17.7 Å². The van der Waals surface area contributed by atoms with E-state index in [2.05, 4.69) is 0 Å². The lowest BCUT2D eigenvalue weighted by atomic mass is 9.76. The molecule has 2 atom stereocenters. The third kappa shape index (κ3) is 3.02. The number of hydrogen-bond acceptors (Lipinski definition) is 2. The van der Waals surface area contributed by atoms with E-state index in [0.29, 0.717) is 11.8 Å². The molecular formula is C15H22FNO. The molecule has 1 aromatic carbocycles.